The van der Waals surface area contributed by atoms with E-state index in [9.17, 15) is 4.79 Å². The molecule has 0 spiro atoms. The fraction of sp³-hybridized carbons (Fsp3) is 0.909. The lowest BCUT2D eigenvalue weighted by Gasteiger charge is -2.37. The van der Waals surface area contributed by atoms with Crippen LogP contribution < -0.4 is 5.32 Å². The molecule has 2 saturated heterocycles. The number of guanidine groups is 1. The minimum atomic E-state index is 0. The van der Waals surface area contributed by atoms with Crippen LogP contribution in [0.3, 0.4) is 0 Å². The zero-order valence-corrected chi connectivity index (χ0v) is 22.6. The molecule has 0 bridgehead atoms. The molecular weight excluding hydrogens is 507 g/mol. The number of amides is 1. The van der Waals surface area contributed by atoms with Gasteiger partial charge < -0.3 is 19.9 Å². The average molecular weight is 553 g/mol. The Hall–Kier alpha value is -0.650. The number of piperazine rings is 1. The summed E-state index contributed by atoms with van der Waals surface area (Å²) in [6.45, 7) is 20.9. The Balaban J connectivity index is 0.00000480. The third-order valence-corrected chi connectivity index (χ3v) is 5.89. The number of carbonyl (C=O) groups is 1. The van der Waals surface area contributed by atoms with Crippen LogP contribution in [-0.4, -0.2) is 122 Å². The van der Waals surface area contributed by atoms with Crippen molar-refractivity contribution in [2.24, 2.45) is 4.99 Å². The number of carbonyl (C=O) groups excluding carboxylic acids is 1. The van der Waals surface area contributed by atoms with Crippen LogP contribution in [0.1, 0.15) is 41.0 Å². The molecule has 0 saturated carbocycles. The molecule has 1 amide bonds. The zero-order chi connectivity index (χ0) is 21.9. The maximum atomic E-state index is 12.5. The second-order valence-electron chi connectivity index (χ2n) is 8.77. The highest BCUT2D eigenvalue weighted by Gasteiger charge is 2.24. The van der Waals surface area contributed by atoms with Gasteiger partial charge in [-0.25, -0.2) is 0 Å². The lowest BCUT2D eigenvalue weighted by Crippen LogP contribution is -2.55. The number of nitrogens with one attached hydrogen (secondary N) is 1. The molecule has 0 aliphatic carbocycles. The van der Waals surface area contributed by atoms with Gasteiger partial charge >= 0.3 is 0 Å². The van der Waals surface area contributed by atoms with E-state index in [0.717, 1.165) is 71.3 Å². The smallest absolute Gasteiger partial charge is 0.236 e. The van der Waals surface area contributed by atoms with Gasteiger partial charge in [-0.2, -0.15) is 0 Å². The van der Waals surface area contributed by atoms with Gasteiger partial charge in [-0.05, 0) is 41.0 Å². The molecule has 8 nitrogen and oxygen atoms in total. The van der Waals surface area contributed by atoms with Gasteiger partial charge in [0, 0.05) is 71.0 Å². The molecule has 0 atom stereocenters. The van der Waals surface area contributed by atoms with Gasteiger partial charge in [0.25, 0.3) is 0 Å². The van der Waals surface area contributed by atoms with Crippen molar-refractivity contribution >= 4 is 35.8 Å². The standard InChI is InChI=1S/C22H44N6O2.HI/c1-6-23-22(24-8-7-9-28(19(2)3)20(4)5)27-12-10-25(11-13-27)18-21(29)26-14-16-30-17-15-26;/h19-20H,6-18H2,1-5H3,(H,23,24);1H. The zero-order valence-electron chi connectivity index (χ0n) is 20.3. The molecule has 2 fully saturated rings. The van der Waals surface area contributed by atoms with E-state index >= 15 is 0 Å². The van der Waals surface area contributed by atoms with Crippen molar-refractivity contribution in [2.75, 3.05) is 78.7 Å². The van der Waals surface area contributed by atoms with Crippen molar-refractivity contribution in [2.45, 2.75) is 53.1 Å². The van der Waals surface area contributed by atoms with Crippen molar-refractivity contribution < 1.29 is 9.53 Å². The number of nitrogens with zero attached hydrogens (tertiary/aromatic N) is 5. The van der Waals surface area contributed by atoms with E-state index in [1.165, 1.54) is 0 Å². The first kappa shape index (κ1) is 28.4. The molecule has 31 heavy (non-hydrogen) atoms. The second kappa shape index (κ2) is 15.2. The van der Waals surface area contributed by atoms with Gasteiger partial charge in [-0.3, -0.25) is 19.6 Å². The summed E-state index contributed by atoms with van der Waals surface area (Å²) in [5, 5.41) is 3.45. The molecule has 1 N–H and O–H groups in total. The highest BCUT2D eigenvalue weighted by Crippen LogP contribution is 2.07. The molecule has 2 aliphatic heterocycles. The van der Waals surface area contributed by atoms with Crippen molar-refractivity contribution in [3.8, 4) is 0 Å². The van der Waals surface area contributed by atoms with Crippen LogP contribution in [0.5, 0.6) is 0 Å². The lowest BCUT2D eigenvalue weighted by molar-refractivity contribution is -0.136. The molecular formula is C22H45IN6O2. The SMILES string of the molecule is CCNC(=NCCCN(C(C)C)C(C)C)N1CCN(CC(=O)N2CCOCC2)CC1.I. The van der Waals surface area contributed by atoms with E-state index in [-0.39, 0.29) is 29.9 Å². The van der Waals surface area contributed by atoms with Crippen LogP contribution in [0, 0.1) is 0 Å². The van der Waals surface area contributed by atoms with Crippen LogP contribution in [0.25, 0.3) is 0 Å². The topological polar surface area (TPSA) is 63.7 Å². The Morgan fingerprint density at radius 3 is 2.16 bits per heavy atom. The predicted molar refractivity (Wildman–Crippen MR) is 138 cm³/mol. The Bertz CT molecular complexity index is 524. The normalized spacial score (nSPS) is 18.6. The van der Waals surface area contributed by atoms with E-state index in [0.29, 0.717) is 31.8 Å². The van der Waals surface area contributed by atoms with Crippen molar-refractivity contribution in [3.63, 3.8) is 0 Å². The van der Waals surface area contributed by atoms with Crippen molar-refractivity contribution in [3.05, 3.63) is 0 Å². The number of halogens is 1. The predicted octanol–water partition coefficient (Wildman–Crippen LogP) is 1.56. The van der Waals surface area contributed by atoms with Crippen molar-refractivity contribution in [1.29, 1.82) is 0 Å². The molecule has 2 rings (SSSR count). The summed E-state index contributed by atoms with van der Waals surface area (Å²) in [6, 6.07) is 1.13. The summed E-state index contributed by atoms with van der Waals surface area (Å²) in [7, 11) is 0. The quantitative estimate of drug-likeness (QED) is 0.203. The van der Waals surface area contributed by atoms with Gasteiger partial charge in [0.2, 0.25) is 5.91 Å². The molecule has 0 unspecified atom stereocenters. The Morgan fingerprint density at radius 1 is 1.00 bits per heavy atom. The van der Waals surface area contributed by atoms with Gasteiger partial charge in [0.15, 0.2) is 5.96 Å². The van der Waals surface area contributed by atoms with Crippen molar-refractivity contribution in [1.82, 2.24) is 24.9 Å². The summed E-state index contributed by atoms with van der Waals surface area (Å²) < 4.78 is 5.34. The Morgan fingerprint density at radius 2 is 1.61 bits per heavy atom. The first-order valence-corrected chi connectivity index (χ1v) is 11.8. The number of morpholine rings is 1. The third kappa shape index (κ3) is 9.79. The van der Waals surface area contributed by atoms with Gasteiger partial charge in [0.05, 0.1) is 19.8 Å². The monoisotopic (exact) mass is 552 g/mol. The Kier molecular flexibility index (Phi) is 13.9. The first-order chi connectivity index (χ1) is 14.4. The molecule has 182 valence electrons. The van der Waals surface area contributed by atoms with E-state index in [4.69, 9.17) is 9.73 Å². The average Bonchev–Trinajstić information content (AvgIpc) is 2.73. The van der Waals surface area contributed by atoms with Crippen LogP contribution in [-0.2, 0) is 9.53 Å². The fourth-order valence-corrected chi connectivity index (χ4v) is 4.20. The minimum absolute atomic E-state index is 0. The number of hydrogen-bond acceptors (Lipinski definition) is 5. The largest absolute Gasteiger partial charge is 0.378 e. The second-order valence-corrected chi connectivity index (χ2v) is 8.77. The number of hydrogen-bond donors (Lipinski definition) is 1. The van der Waals surface area contributed by atoms with Gasteiger partial charge in [-0.1, -0.05) is 0 Å². The minimum Gasteiger partial charge on any atom is -0.378 e. The molecule has 0 aromatic carbocycles. The molecule has 0 radical (unpaired) electrons. The molecule has 0 aromatic rings. The van der Waals surface area contributed by atoms with E-state index < -0.39 is 0 Å². The summed E-state index contributed by atoms with van der Waals surface area (Å²) in [4.78, 5) is 26.4. The molecule has 0 aromatic heterocycles. The summed E-state index contributed by atoms with van der Waals surface area (Å²) in [6.07, 6.45) is 1.07. The number of aliphatic imine (C=N–C) groups is 1. The highest BCUT2D eigenvalue weighted by atomic mass is 127. The number of rotatable bonds is 9. The molecule has 2 aliphatic rings. The van der Waals surface area contributed by atoms with Gasteiger partial charge in [0.1, 0.15) is 0 Å². The maximum Gasteiger partial charge on any atom is 0.236 e. The van der Waals surface area contributed by atoms with Crippen LogP contribution in [0.2, 0.25) is 0 Å². The van der Waals surface area contributed by atoms with E-state index in [1.807, 2.05) is 4.90 Å². The van der Waals surface area contributed by atoms with Crippen LogP contribution >= 0.6 is 24.0 Å². The number of ether oxygens (including phenoxy) is 1. The fourth-order valence-electron chi connectivity index (χ4n) is 4.20. The van der Waals surface area contributed by atoms with E-state index in [2.05, 4.69) is 54.6 Å². The van der Waals surface area contributed by atoms with Crippen LogP contribution in [0.15, 0.2) is 4.99 Å². The third-order valence-electron chi connectivity index (χ3n) is 5.89. The maximum absolute atomic E-state index is 12.5. The summed E-state index contributed by atoms with van der Waals surface area (Å²) in [5.74, 6) is 1.24. The molecule has 2 heterocycles. The van der Waals surface area contributed by atoms with E-state index in [1.54, 1.807) is 0 Å². The summed E-state index contributed by atoms with van der Waals surface area (Å²) in [5.41, 5.74) is 0. The summed E-state index contributed by atoms with van der Waals surface area (Å²) >= 11 is 0. The molecule has 9 heteroatoms. The van der Waals surface area contributed by atoms with Crippen LogP contribution in [0.4, 0.5) is 0 Å². The lowest BCUT2D eigenvalue weighted by atomic mass is 10.2. The van der Waals surface area contributed by atoms with Gasteiger partial charge in [-0.15, -0.1) is 24.0 Å². The highest BCUT2D eigenvalue weighted by molar-refractivity contribution is 14.0. The first-order valence-electron chi connectivity index (χ1n) is 11.8. The Labute approximate surface area is 206 Å².